The molecule has 0 aliphatic heterocycles. The molecule has 0 bridgehead atoms. The summed E-state index contributed by atoms with van der Waals surface area (Å²) in [7, 11) is 0. The fraction of sp³-hybridized carbons (Fsp3) is 0.167. The highest BCUT2D eigenvalue weighted by Gasteiger charge is 2.10. The summed E-state index contributed by atoms with van der Waals surface area (Å²) in [6, 6.07) is 6.16. The minimum atomic E-state index is -0.514. The first-order chi connectivity index (χ1) is 9.20. The van der Waals surface area contributed by atoms with Crippen LogP contribution >= 0.6 is 11.3 Å². The van der Waals surface area contributed by atoms with Crippen molar-refractivity contribution < 1.29 is 4.92 Å². The van der Waals surface area contributed by atoms with Crippen LogP contribution in [-0.2, 0) is 6.42 Å². The zero-order valence-corrected chi connectivity index (χ0v) is 10.7. The van der Waals surface area contributed by atoms with E-state index < -0.39 is 4.92 Å². The van der Waals surface area contributed by atoms with Gasteiger partial charge in [0.1, 0.15) is 6.07 Å². The van der Waals surface area contributed by atoms with Gasteiger partial charge < -0.3 is 5.32 Å². The number of non-ortho nitro benzene ring substituents is 1. The molecule has 1 heterocycles. The van der Waals surface area contributed by atoms with Gasteiger partial charge in [0.2, 0.25) is 0 Å². The molecule has 0 saturated carbocycles. The highest BCUT2D eigenvalue weighted by molar-refractivity contribution is 7.07. The first-order valence-electron chi connectivity index (χ1n) is 5.50. The van der Waals surface area contributed by atoms with E-state index in [9.17, 15) is 10.1 Å². The largest absolute Gasteiger partial charge is 0.384 e. The minimum Gasteiger partial charge on any atom is -0.384 e. The molecule has 1 aromatic carbocycles. The zero-order valence-electron chi connectivity index (χ0n) is 9.87. The number of aromatic nitrogens is 1. The molecular weight excluding hydrogens is 264 g/mol. The third-order valence-corrected chi connectivity index (χ3v) is 3.15. The van der Waals surface area contributed by atoms with Gasteiger partial charge in [-0.15, -0.1) is 11.3 Å². The molecule has 7 heteroatoms. The summed E-state index contributed by atoms with van der Waals surface area (Å²) in [6.07, 6.45) is 0.741. The average Bonchev–Trinajstić information content (AvgIpc) is 2.92. The second-order valence-corrected chi connectivity index (χ2v) is 4.47. The molecule has 19 heavy (non-hydrogen) atoms. The molecule has 0 aliphatic carbocycles. The quantitative estimate of drug-likeness (QED) is 0.668. The van der Waals surface area contributed by atoms with Crippen molar-refractivity contribution in [3.05, 3.63) is 50.5 Å². The third kappa shape index (κ3) is 3.26. The van der Waals surface area contributed by atoms with Gasteiger partial charge in [0.15, 0.2) is 0 Å². The van der Waals surface area contributed by atoms with Gasteiger partial charge in [0.05, 0.1) is 27.4 Å². The number of benzene rings is 1. The van der Waals surface area contributed by atoms with Crippen molar-refractivity contribution in [1.82, 2.24) is 4.98 Å². The highest BCUT2D eigenvalue weighted by Crippen LogP contribution is 2.21. The molecule has 0 atom stereocenters. The summed E-state index contributed by atoms with van der Waals surface area (Å²) in [4.78, 5) is 14.3. The number of rotatable bonds is 5. The fourth-order valence-electron chi connectivity index (χ4n) is 1.58. The van der Waals surface area contributed by atoms with Crippen LogP contribution in [-0.4, -0.2) is 16.5 Å². The average molecular weight is 274 g/mol. The number of nitrogens with one attached hydrogen (secondary N) is 1. The second-order valence-electron chi connectivity index (χ2n) is 3.76. The Bertz CT molecular complexity index is 619. The number of nitrogens with zero attached hydrogens (tertiary/aromatic N) is 3. The van der Waals surface area contributed by atoms with Crippen molar-refractivity contribution in [3.8, 4) is 6.07 Å². The van der Waals surface area contributed by atoms with E-state index in [0.29, 0.717) is 12.2 Å². The fourth-order valence-corrected chi connectivity index (χ4v) is 2.17. The number of nitro benzene ring substituents is 1. The molecular formula is C12H10N4O2S. The molecule has 0 spiro atoms. The lowest BCUT2D eigenvalue weighted by atomic mass is 10.1. The summed E-state index contributed by atoms with van der Waals surface area (Å²) in [5, 5.41) is 24.7. The van der Waals surface area contributed by atoms with Crippen molar-refractivity contribution in [2.45, 2.75) is 6.42 Å². The Morgan fingerprint density at radius 1 is 1.53 bits per heavy atom. The third-order valence-electron chi connectivity index (χ3n) is 2.51. The van der Waals surface area contributed by atoms with Crippen molar-refractivity contribution in [2.75, 3.05) is 11.9 Å². The predicted octanol–water partition coefficient (Wildman–Crippen LogP) is 2.58. The van der Waals surface area contributed by atoms with E-state index in [0.717, 1.165) is 12.1 Å². The molecule has 1 N–H and O–H groups in total. The van der Waals surface area contributed by atoms with Crippen LogP contribution in [0.25, 0.3) is 0 Å². The Labute approximate surface area is 113 Å². The Balaban J connectivity index is 2.04. The molecule has 0 amide bonds. The van der Waals surface area contributed by atoms with Crippen molar-refractivity contribution in [1.29, 1.82) is 5.26 Å². The number of hydrogen-bond donors (Lipinski definition) is 1. The summed E-state index contributed by atoms with van der Waals surface area (Å²) < 4.78 is 0. The SMILES string of the molecule is N#Cc1cc([N+](=O)[O-])ccc1NCCc1cscn1. The molecule has 0 unspecified atom stereocenters. The smallest absolute Gasteiger partial charge is 0.270 e. The first-order valence-corrected chi connectivity index (χ1v) is 6.44. The van der Waals surface area contributed by atoms with Crippen LogP contribution in [0.15, 0.2) is 29.1 Å². The summed E-state index contributed by atoms with van der Waals surface area (Å²) >= 11 is 1.53. The van der Waals surface area contributed by atoms with Crippen molar-refractivity contribution >= 4 is 22.7 Å². The van der Waals surface area contributed by atoms with Crippen molar-refractivity contribution in [3.63, 3.8) is 0 Å². The van der Waals surface area contributed by atoms with Crippen LogP contribution in [0.4, 0.5) is 11.4 Å². The summed E-state index contributed by atoms with van der Waals surface area (Å²) in [6.45, 7) is 0.621. The molecule has 2 rings (SSSR count). The van der Waals surface area contributed by atoms with Gasteiger partial charge in [-0.05, 0) is 6.07 Å². The molecule has 96 valence electrons. The topological polar surface area (TPSA) is 91.8 Å². The molecule has 0 aliphatic rings. The second kappa shape index (κ2) is 5.93. The van der Waals surface area contributed by atoms with E-state index in [-0.39, 0.29) is 11.3 Å². The number of anilines is 1. The molecule has 2 aromatic rings. The Morgan fingerprint density at radius 2 is 2.37 bits per heavy atom. The number of thiazole rings is 1. The Morgan fingerprint density at radius 3 is 3.00 bits per heavy atom. The van der Waals surface area contributed by atoms with Crippen LogP contribution < -0.4 is 5.32 Å². The standard InChI is InChI=1S/C12H10N4O2S/c13-6-9-5-11(16(17)18)1-2-12(9)14-4-3-10-7-19-8-15-10/h1-2,5,7-8,14H,3-4H2. The van der Waals surface area contributed by atoms with Crippen molar-refractivity contribution in [2.24, 2.45) is 0 Å². The van der Waals surface area contributed by atoms with Gasteiger partial charge >= 0.3 is 0 Å². The van der Waals surface area contributed by atoms with Crippen LogP contribution in [0.3, 0.4) is 0 Å². The lowest BCUT2D eigenvalue weighted by molar-refractivity contribution is -0.384. The first kappa shape index (κ1) is 13.0. The highest BCUT2D eigenvalue weighted by atomic mass is 32.1. The van der Waals surface area contributed by atoms with Gasteiger partial charge in [-0.1, -0.05) is 0 Å². The molecule has 0 fully saturated rings. The summed E-state index contributed by atoms with van der Waals surface area (Å²) in [5.74, 6) is 0. The van der Waals surface area contributed by atoms with E-state index in [4.69, 9.17) is 5.26 Å². The maximum Gasteiger partial charge on any atom is 0.270 e. The van der Waals surface area contributed by atoms with Crippen LogP contribution in [0.2, 0.25) is 0 Å². The zero-order chi connectivity index (χ0) is 13.7. The summed E-state index contributed by atoms with van der Waals surface area (Å²) in [5.41, 5.74) is 3.54. The molecule has 6 nitrogen and oxygen atoms in total. The lowest BCUT2D eigenvalue weighted by Gasteiger charge is -2.06. The molecule has 0 radical (unpaired) electrons. The van der Waals surface area contributed by atoms with Gasteiger partial charge in [-0.2, -0.15) is 5.26 Å². The van der Waals surface area contributed by atoms with E-state index in [2.05, 4.69) is 10.3 Å². The van der Waals surface area contributed by atoms with Crippen LogP contribution in [0, 0.1) is 21.4 Å². The minimum absolute atomic E-state index is 0.0819. The Kier molecular flexibility index (Phi) is 4.05. The van der Waals surface area contributed by atoms with E-state index in [1.165, 1.54) is 23.5 Å². The maximum absolute atomic E-state index is 10.6. The number of nitriles is 1. The molecule has 0 saturated heterocycles. The number of nitro groups is 1. The van der Waals surface area contributed by atoms with Gasteiger partial charge in [-0.25, -0.2) is 4.98 Å². The van der Waals surface area contributed by atoms with E-state index in [1.807, 2.05) is 11.4 Å². The maximum atomic E-state index is 10.6. The molecule has 1 aromatic heterocycles. The number of hydrogen-bond acceptors (Lipinski definition) is 6. The van der Waals surface area contributed by atoms with E-state index in [1.54, 1.807) is 11.6 Å². The van der Waals surface area contributed by atoms with Gasteiger partial charge in [-0.3, -0.25) is 10.1 Å². The normalized spacial score (nSPS) is 9.84. The Hall–Kier alpha value is -2.46. The van der Waals surface area contributed by atoms with Crippen LogP contribution in [0.1, 0.15) is 11.3 Å². The monoisotopic (exact) mass is 274 g/mol. The van der Waals surface area contributed by atoms with Crippen LogP contribution in [0.5, 0.6) is 0 Å². The van der Waals surface area contributed by atoms with Gasteiger partial charge in [0, 0.05) is 30.5 Å². The van der Waals surface area contributed by atoms with Gasteiger partial charge in [0.25, 0.3) is 5.69 Å². The lowest BCUT2D eigenvalue weighted by Crippen LogP contribution is -2.06. The van der Waals surface area contributed by atoms with E-state index >= 15 is 0 Å². The predicted molar refractivity (Wildman–Crippen MR) is 72.1 cm³/mol.